The van der Waals surface area contributed by atoms with E-state index in [1.807, 2.05) is 6.92 Å². The van der Waals surface area contributed by atoms with E-state index in [1.54, 1.807) is 11.3 Å². The Bertz CT molecular complexity index is 1060. The number of ether oxygens (including phenoxy) is 1. The van der Waals surface area contributed by atoms with Gasteiger partial charge in [-0.05, 0) is 85.8 Å². The SMILES string of the molecule is CCC(CC)(c1ccc(CCC(OS(C)(C)C(C)(C)C)C(C)(C)C)c(C)c1)c1cc(C)c(C(=O)OC)s1. The van der Waals surface area contributed by atoms with Crippen molar-refractivity contribution in [2.45, 2.75) is 111 Å². The molecule has 0 aliphatic carbocycles. The Morgan fingerprint density at radius 2 is 1.57 bits per heavy atom. The molecule has 0 N–H and O–H groups in total. The molecular formula is C32H52O3S2. The lowest BCUT2D eigenvalue weighted by atomic mass is 9.73. The van der Waals surface area contributed by atoms with Crippen molar-refractivity contribution >= 4 is 27.6 Å². The van der Waals surface area contributed by atoms with Gasteiger partial charge in [0.05, 0.1) is 13.2 Å². The zero-order valence-electron chi connectivity index (χ0n) is 25.8. The molecule has 0 saturated heterocycles. The fourth-order valence-electron chi connectivity index (χ4n) is 4.78. The van der Waals surface area contributed by atoms with Gasteiger partial charge in [-0.25, -0.2) is 4.79 Å². The fourth-order valence-corrected chi connectivity index (χ4v) is 7.48. The molecule has 0 aliphatic heterocycles. The Kier molecular flexibility index (Phi) is 10.2. The molecule has 0 spiro atoms. The van der Waals surface area contributed by atoms with E-state index in [4.69, 9.17) is 8.92 Å². The van der Waals surface area contributed by atoms with E-state index >= 15 is 0 Å². The monoisotopic (exact) mass is 548 g/mol. The van der Waals surface area contributed by atoms with Gasteiger partial charge in [-0.2, -0.15) is 0 Å². The second kappa shape index (κ2) is 11.8. The molecule has 0 aliphatic rings. The topological polar surface area (TPSA) is 35.5 Å². The number of carbonyl (C=O) groups excluding carboxylic acids is 1. The number of benzene rings is 1. The number of rotatable bonds is 10. The van der Waals surface area contributed by atoms with Crippen LogP contribution in [-0.4, -0.2) is 36.4 Å². The van der Waals surface area contributed by atoms with Gasteiger partial charge in [0, 0.05) is 15.0 Å². The number of hydrogen-bond donors (Lipinski definition) is 0. The number of esters is 1. The molecule has 2 aromatic rings. The predicted octanol–water partition coefficient (Wildman–Crippen LogP) is 9.40. The van der Waals surface area contributed by atoms with Crippen molar-refractivity contribution in [3.8, 4) is 0 Å². The molecule has 0 amide bonds. The Morgan fingerprint density at radius 3 is 2.03 bits per heavy atom. The number of thiophene rings is 1. The molecule has 1 aromatic heterocycles. The first-order valence-corrected chi connectivity index (χ1v) is 16.8. The minimum absolute atomic E-state index is 0.0807. The molecule has 1 atom stereocenters. The summed E-state index contributed by atoms with van der Waals surface area (Å²) in [5.41, 5.74) is 5.03. The normalized spacial score (nSPS) is 14.5. The number of aryl methyl sites for hydroxylation is 3. The van der Waals surface area contributed by atoms with Crippen LogP contribution >= 0.6 is 21.6 Å². The van der Waals surface area contributed by atoms with Crippen molar-refractivity contribution in [1.29, 1.82) is 0 Å². The lowest BCUT2D eigenvalue weighted by Gasteiger charge is -2.48. The molecular weight excluding hydrogens is 496 g/mol. The fraction of sp³-hybridized carbons (Fsp3) is 0.656. The van der Waals surface area contributed by atoms with Gasteiger partial charge < -0.3 is 8.92 Å². The molecule has 2 rings (SSSR count). The van der Waals surface area contributed by atoms with Gasteiger partial charge in [0.25, 0.3) is 0 Å². The first kappa shape index (κ1) is 31.9. The molecule has 5 heteroatoms. The van der Waals surface area contributed by atoms with Crippen molar-refractivity contribution in [2.75, 3.05) is 19.6 Å². The molecule has 1 unspecified atom stereocenters. The number of hydrogen-bond acceptors (Lipinski definition) is 4. The second-order valence-corrected chi connectivity index (χ2v) is 17.8. The summed E-state index contributed by atoms with van der Waals surface area (Å²) in [5, 5.41) is 0. The molecule has 3 nitrogen and oxygen atoms in total. The smallest absolute Gasteiger partial charge is 0.348 e. The van der Waals surface area contributed by atoms with E-state index in [1.165, 1.54) is 28.7 Å². The molecule has 1 heterocycles. The highest BCUT2D eigenvalue weighted by molar-refractivity contribution is 8.29. The second-order valence-electron chi connectivity index (χ2n) is 12.9. The third-order valence-corrected chi connectivity index (χ3v) is 13.4. The summed E-state index contributed by atoms with van der Waals surface area (Å²) in [7, 11) is 0.256. The Labute approximate surface area is 233 Å². The molecule has 37 heavy (non-hydrogen) atoms. The maximum Gasteiger partial charge on any atom is 0.348 e. The van der Waals surface area contributed by atoms with E-state index in [0.717, 1.165) is 31.2 Å². The first-order chi connectivity index (χ1) is 16.9. The summed E-state index contributed by atoms with van der Waals surface area (Å²) < 4.78 is 12.1. The van der Waals surface area contributed by atoms with Gasteiger partial charge >= 0.3 is 5.97 Å². The van der Waals surface area contributed by atoms with Crippen LogP contribution in [0.25, 0.3) is 0 Å². The molecule has 0 bridgehead atoms. The highest BCUT2D eigenvalue weighted by Crippen LogP contribution is 2.56. The lowest BCUT2D eigenvalue weighted by molar-refractivity contribution is 0.0605. The highest BCUT2D eigenvalue weighted by atomic mass is 32.3. The van der Waals surface area contributed by atoms with Crippen LogP contribution in [0.3, 0.4) is 0 Å². The van der Waals surface area contributed by atoms with Crippen LogP contribution in [0.5, 0.6) is 0 Å². The van der Waals surface area contributed by atoms with Crippen LogP contribution in [-0.2, 0) is 20.8 Å². The van der Waals surface area contributed by atoms with Crippen LogP contribution in [0.4, 0.5) is 0 Å². The summed E-state index contributed by atoms with van der Waals surface area (Å²) in [4.78, 5) is 14.3. The summed E-state index contributed by atoms with van der Waals surface area (Å²) in [6.45, 7) is 22.5. The largest absolute Gasteiger partial charge is 0.465 e. The van der Waals surface area contributed by atoms with Gasteiger partial charge in [0.2, 0.25) is 0 Å². The Hall–Kier alpha value is -1.30. The van der Waals surface area contributed by atoms with E-state index < -0.39 is 10.3 Å². The number of carbonyl (C=O) groups is 1. The average molecular weight is 549 g/mol. The lowest BCUT2D eigenvalue weighted by Crippen LogP contribution is -2.35. The van der Waals surface area contributed by atoms with Crippen molar-refractivity contribution in [1.82, 2.24) is 0 Å². The molecule has 0 radical (unpaired) electrons. The average Bonchev–Trinajstić information content (AvgIpc) is 3.18. The zero-order chi connectivity index (χ0) is 28.4. The van der Waals surface area contributed by atoms with Gasteiger partial charge in [-0.1, -0.05) is 73.6 Å². The minimum atomic E-state index is -1.20. The summed E-state index contributed by atoms with van der Waals surface area (Å²) in [5.74, 6) is -0.242. The summed E-state index contributed by atoms with van der Waals surface area (Å²) in [6.07, 6.45) is 8.78. The molecule has 0 fully saturated rings. The van der Waals surface area contributed by atoms with Gasteiger partial charge in [0.1, 0.15) is 4.88 Å². The molecule has 210 valence electrons. The quantitative estimate of drug-likeness (QED) is 0.277. The predicted molar refractivity (Wildman–Crippen MR) is 165 cm³/mol. The summed E-state index contributed by atoms with van der Waals surface area (Å²) >= 11 is 1.59. The molecule has 0 saturated carbocycles. The van der Waals surface area contributed by atoms with Crippen molar-refractivity contribution in [3.05, 3.63) is 56.3 Å². The maximum atomic E-state index is 12.3. The minimum Gasteiger partial charge on any atom is -0.465 e. The highest BCUT2D eigenvalue weighted by Gasteiger charge is 2.37. The Morgan fingerprint density at radius 1 is 0.973 bits per heavy atom. The zero-order valence-corrected chi connectivity index (χ0v) is 27.4. The van der Waals surface area contributed by atoms with Crippen LogP contribution in [0, 0.1) is 19.3 Å². The Balaban J connectivity index is 2.36. The van der Waals surface area contributed by atoms with Gasteiger partial charge in [0.15, 0.2) is 0 Å². The van der Waals surface area contributed by atoms with Crippen molar-refractivity contribution < 1.29 is 13.7 Å². The van der Waals surface area contributed by atoms with Crippen molar-refractivity contribution in [2.24, 2.45) is 5.41 Å². The van der Waals surface area contributed by atoms with E-state index in [0.29, 0.717) is 4.88 Å². The van der Waals surface area contributed by atoms with Crippen LogP contribution < -0.4 is 0 Å². The van der Waals surface area contributed by atoms with E-state index in [2.05, 4.69) is 99.1 Å². The van der Waals surface area contributed by atoms with Gasteiger partial charge in [-0.3, -0.25) is 0 Å². The van der Waals surface area contributed by atoms with E-state index in [9.17, 15) is 4.79 Å². The van der Waals surface area contributed by atoms with Crippen LogP contribution in [0.15, 0.2) is 24.3 Å². The summed E-state index contributed by atoms with van der Waals surface area (Å²) in [6, 6.07) is 9.22. The maximum absolute atomic E-state index is 12.3. The van der Waals surface area contributed by atoms with Crippen molar-refractivity contribution in [3.63, 3.8) is 0 Å². The molecule has 1 aromatic carbocycles. The third-order valence-electron chi connectivity index (χ3n) is 8.34. The van der Waals surface area contributed by atoms with Gasteiger partial charge in [-0.15, -0.1) is 21.6 Å². The number of methoxy groups -OCH3 is 1. The van der Waals surface area contributed by atoms with Crippen LogP contribution in [0.1, 0.15) is 111 Å². The first-order valence-electron chi connectivity index (χ1n) is 13.6. The van der Waals surface area contributed by atoms with Crippen LogP contribution in [0.2, 0.25) is 0 Å². The third kappa shape index (κ3) is 7.02. The standard InChI is InChI=1S/C32H52O3S2/c1-14-32(15-2,27-21-23(4)28(36-27)29(33)34-11)25-18-16-24(22(3)20-25)17-19-26(30(5,6)7)35-37(12,13)31(8,9)10/h16,18,20-21,26H,14-15,17,19H2,1-13H3. The van der Waals surface area contributed by atoms with E-state index in [-0.39, 0.29) is 27.7 Å².